The van der Waals surface area contributed by atoms with Gasteiger partial charge in [-0.3, -0.25) is 0 Å². The largest absolute Gasteiger partial charge is 0.497 e. The van der Waals surface area contributed by atoms with Gasteiger partial charge in [0.1, 0.15) is 11.5 Å². The van der Waals surface area contributed by atoms with Crippen LogP contribution in [0.4, 0.5) is 0 Å². The maximum absolute atomic E-state index is 5.79. The van der Waals surface area contributed by atoms with Gasteiger partial charge in [-0.2, -0.15) is 0 Å². The van der Waals surface area contributed by atoms with Crippen molar-refractivity contribution in [3.8, 4) is 11.5 Å². The molecule has 2 nitrogen and oxygen atoms in total. The molecule has 1 aromatic rings. The monoisotopic (exact) mass is 294 g/mol. The van der Waals surface area contributed by atoms with Crippen molar-refractivity contribution in [3.63, 3.8) is 0 Å². The molecule has 1 rings (SSSR count). The van der Waals surface area contributed by atoms with Crippen molar-refractivity contribution in [3.05, 3.63) is 30.3 Å². The van der Waals surface area contributed by atoms with E-state index in [1.807, 2.05) is 6.92 Å². The molecule has 0 spiro atoms. The zero-order chi connectivity index (χ0) is 13.1. The Morgan fingerprint density at radius 3 is 2.29 bits per heavy atom. The van der Waals surface area contributed by atoms with E-state index >= 15 is 0 Å². The Morgan fingerprint density at radius 1 is 1.24 bits per heavy atom. The highest BCUT2D eigenvalue weighted by atomic mass is 35.6. The van der Waals surface area contributed by atoms with Gasteiger partial charge in [0.05, 0.1) is 13.7 Å². The molecule has 0 heterocycles. The summed E-state index contributed by atoms with van der Waals surface area (Å²) >= 11 is 17.4. The highest BCUT2D eigenvalue weighted by Crippen LogP contribution is 2.41. The van der Waals surface area contributed by atoms with E-state index in [0.717, 1.165) is 0 Å². The van der Waals surface area contributed by atoms with E-state index in [2.05, 4.69) is 6.58 Å². The number of ether oxygens (including phenoxy) is 2. The lowest BCUT2D eigenvalue weighted by Crippen LogP contribution is -2.05. The van der Waals surface area contributed by atoms with Crippen LogP contribution in [0.1, 0.15) is 12.5 Å². The molecule has 0 aliphatic heterocycles. The van der Waals surface area contributed by atoms with Crippen LogP contribution in [0.5, 0.6) is 11.5 Å². The molecule has 0 N–H and O–H groups in total. The molecule has 0 unspecified atom stereocenters. The van der Waals surface area contributed by atoms with Crippen molar-refractivity contribution in [2.24, 2.45) is 0 Å². The first-order valence-corrected chi connectivity index (χ1v) is 6.10. The number of hydrogen-bond acceptors (Lipinski definition) is 2. The smallest absolute Gasteiger partial charge is 0.216 e. The van der Waals surface area contributed by atoms with Gasteiger partial charge >= 0.3 is 0 Å². The van der Waals surface area contributed by atoms with Crippen LogP contribution in [0.2, 0.25) is 0 Å². The number of rotatable bonds is 4. The summed E-state index contributed by atoms with van der Waals surface area (Å²) in [6.07, 6.45) is 0. The Labute approximate surface area is 116 Å². The van der Waals surface area contributed by atoms with Crippen LogP contribution < -0.4 is 9.47 Å². The molecule has 0 saturated carbocycles. The summed E-state index contributed by atoms with van der Waals surface area (Å²) in [7, 11) is 1.56. The predicted octanol–water partition coefficient (Wildman–Crippen LogP) is 4.48. The summed E-state index contributed by atoms with van der Waals surface area (Å²) in [5.41, 5.74) is 1.05. The number of alkyl halides is 3. The minimum Gasteiger partial charge on any atom is -0.497 e. The van der Waals surface area contributed by atoms with E-state index < -0.39 is 3.79 Å². The molecule has 5 heteroatoms. The van der Waals surface area contributed by atoms with Crippen LogP contribution in [0.15, 0.2) is 24.8 Å². The van der Waals surface area contributed by atoms with Gasteiger partial charge in [-0.15, -0.1) is 0 Å². The number of benzene rings is 1. The Hall–Kier alpha value is -0.570. The van der Waals surface area contributed by atoms with E-state index in [1.165, 1.54) is 0 Å². The van der Waals surface area contributed by atoms with E-state index in [9.17, 15) is 0 Å². The van der Waals surface area contributed by atoms with E-state index in [4.69, 9.17) is 44.3 Å². The van der Waals surface area contributed by atoms with Gasteiger partial charge in [0.15, 0.2) is 0 Å². The standard InChI is InChI=1S/C12H13Cl3O2/c1-4-17-11-6-9(5-10(7-11)16-3)8(2)12(13,14)15/h5-7H,2,4H2,1,3H3. The molecule has 0 saturated heterocycles. The minimum absolute atomic E-state index is 0.377. The van der Waals surface area contributed by atoms with Gasteiger partial charge in [0, 0.05) is 11.6 Å². The third-order valence-corrected chi connectivity index (χ3v) is 2.80. The Morgan fingerprint density at radius 2 is 1.82 bits per heavy atom. The lowest BCUT2D eigenvalue weighted by atomic mass is 10.1. The van der Waals surface area contributed by atoms with Gasteiger partial charge in [0.25, 0.3) is 0 Å². The zero-order valence-corrected chi connectivity index (χ0v) is 11.9. The van der Waals surface area contributed by atoms with Crippen molar-refractivity contribution in [2.75, 3.05) is 13.7 Å². The zero-order valence-electron chi connectivity index (χ0n) is 9.60. The highest BCUT2D eigenvalue weighted by molar-refractivity contribution is 6.72. The average molecular weight is 296 g/mol. The second kappa shape index (κ2) is 5.85. The minimum atomic E-state index is -1.55. The second-order valence-electron chi connectivity index (χ2n) is 3.31. The molecular formula is C12H13Cl3O2. The van der Waals surface area contributed by atoms with Crippen molar-refractivity contribution in [2.45, 2.75) is 10.7 Å². The topological polar surface area (TPSA) is 18.5 Å². The van der Waals surface area contributed by atoms with Crippen molar-refractivity contribution < 1.29 is 9.47 Å². The van der Waals surface area contributed by atoms with Crippen molar-refractivity contribution in [1.82, 2.24) is 0 Å². The van der Waals surface area contributed by atoms with Crippen molar-refractivity contribution >= 4 is 40.4 Å². The third-order valence-electron chi connectivity index (χ3n) is 2.12. The molecule has 0 aliphatic carbocycles. The summed E-state index contributed by atoms with van der Waals surface area (Å²) in [6.45, 7) is 6.21. The lowest BCUT2D eigenvalue weighted by molar-refractivity contribution is 0.336. The Kier molecular flexibility index (Phi) is 4.99. The first kappa shape index (κ1) is 14.5. The van der Waals surface area contributed by atoms with E-state index in [0.29, 0.717) is 29.2 Å². The fraction of sp³-hybridized carbons (Fsp3) is 0.333. The molecule has 0 radical (unpaired) electrons. The van der Waals surface area contributed by atoms with Crippen LogP contribution >= 0.6 is 34.8 Å². The highest BCUT2D eigenvalue weighted by Gasteiger charge is 2.26. The molecule has 0 aromatic heterocycles. The second-order valence-corrected chi connectivity index (χ2v) is 5.59. The van der Waals surface area contributed by atoms with Gasteiger partial charge in [0.2, 0.25) is 3.79 Å². The fourth-order valence-electron chi connectivity index (χ4n) is 1.28. The number of halogens is 3. The average Bonchev–Trinajstić information content (AvgIpc) is 2.26. The Balaban J connectivity index is 3.15. The van der Waals surface area contributed by atoms with Gasteiger partial charge in [-0.05, 0) is 24.6 Å². The first-order valence-electron chi connectivity index (χ1n) is 4.96. The van der Waals surface area contributed by atoms with Crippen LogP contribution in [0.3, 0.4) is 0 Å². The fourth-order valence-corrected chi connectivity index (χ4v) is 1.60. The van der Waals surface area contributed by atoms with Gasteiger partial charge in [-0.1, -0.05) is 41.4 Å². The number of hydrogen-bond donors (Lipinski definition) is 0. The Bertz CT molecular complexity index is 411. The molecule has 1 aromatic carbocycles. The number of allylic oxidation sites excluding steroid dienone is 1. The van der Waals surface area contributed by atoms with Crippen LogP contribution in [-0.2, 0) is 0 Å². The summed E-state index contributed by atoms with van der Waals surface area (Å²) in [4.78, 5) is 0. The molecule has 0 aliphatic rings. The summed E-state index contributed by atoms with van der Waals surface area (Å²) < 4.78 is 9.01. The summed E-state index contributed by atoms with van der Waals surface area (Å²) in [5.74, 6) is 1.28. The van der Waals surface area contributed by atoms with Crippen LogP contribution in [0.25, 0.3) is 5.57 Å². The van der Waals surface area contributed by atoms with Crippen LogP contribution in [-0.4, -0.2) is 17.5 Å². The predicted molar refractivity (Wildman–Crippen MR) is 73.5 cm³/mol. The molecule has 0 fully saturated rings. The number of methoxy groups -OCH3 is 1. The first-order chi connectivity index (χ1) is 7.88. The SMILES string of the molecule is C=C(c1cc(OC)cc(OCC)c1)C(Cl)(Cl)Cl. The van der Waals surface area contributed by atoms with Gasteiger partial charge < -0.3 is 9.47 Å². The molecule has 0 bridgehead atoms. The summed E-state index contributed by atoms with van der Waals surface area (Å²) in [6, 6.07) is 5.27. The summed E-state index contributed by atoms with van der Waals surface area (Å²) in [5, 5.41) is 0. The molecule has 17 heavy (non-hydrogen) atoms. The lowest BCUT2D eigenvalue weighted by Gasteiger charge is -2.16. The molecule has 0 amide bonds. The molecule has 0 atom stereocenters. The normalized spacial score (nSPS) is 11.1. The van der Waals surface area contributed by atoms with E-state index in [-0.39, 0.29) is 0 Å². The third kappa shape index (κ3) is 3.98. The maximum atomic E-state index is 5.79. The van der Waals surface area contributed by atoms with Crippen LogP contribution in [0, 0.1) is 0 Å². The van der Waals surface area contributed by atoms with Crippen molar-refractivity contribution in [1.29, 1.82) is 0 Å². The quantitative estimate of drug-likeness (QED) is 0.763. The van der Waals surface area contributed by atoms with E-state index in [1.54, 1.807) is 25.3 Å². The molecular weight excluding hydrogens is 282 g/mol. The maximum Gasteiger partial charge on any atom is 0.216 e. The molecule has 94 valence electrons. The van der Waals surface area contributed by atoms with Gasteiger partial charge in [-0.25, -0.2) is 0 Å².